The zero-order valence-corrected chi connectivity index (χ0v) is 18.9. The number of nitrogens with zero attached hydrogens (tertiary/aromatic N) is 2. The lowest BCUT2D eigenvalue weighted by Gasteiger charge is -2.26. The smallest absolute Gasteiger partial charge is 0.273 e. The number of nitrogens with one attached hydrogen (secondary N) is 1. The number of aromatic nitrogens is 2. The molecule has 0 saturated heterocycles. The van der Waals surface area contributed by atoms with Crippen molar-refractivity contribution in [1.82, 2.24) is 15.1 Å². The van der Waals surface area contributed by atoms with Crippen LogP contribution >= 0.6 is 0 Å². The van der Waals surface area contributed by atoms with Crippen molar-refractivity contribution in [3.63, 3.8) is 0 Å². The van der Waals surface area contributed by atoms with Crippen LogP contribution in [0.1, 0.15) is 54.3 Å². The largest absolute Gasteiger partial charge is 0.507 e. The number of phenolic OH excluding ortho intramolecular Hbond substituents is 1. The van der Waals surface area contributed by atoms with Gasteiger partial charge in [-0.2, -0.15) is 5.10 Å². The van der Waals surface area contributed by atoms with E-state index in [4.69, 9.17) is 9.47 Å². The third kappa shape index (κ3) is 4.26. The Hall–Kier alpha value is -3.52. The summed E-state index contributed by atoms with van der Waals surface area (Å²) in [5.74, 6) is 1.08. The van der Waals surface area contributed by atoms with Gasteiger partial charge < -0.3 is 24.6 Å². The molecule has 8 heteroatoms. The second-order valence-electron chi connectivity index (χ2n) is 7.84. The molecular weight excluding hydrogens is 422 g/mol. The number of phenols is 1. The average Bonchev–Trinajstić information content (AvgIpc) is 3.35. The lowest BCUT2D eigenvalue weighted by atomic mass is 9.95. The lowest BCUT2D eigenvalue weighted by Crippen LogP contribution is -2.32. The van der Waals surface area contributed by atoms with E-state index in [9.17, 15) is 15.0 Å². The topological polar surface area (TPSA) is 108 Å². The Balaban J connectivity index is 1.81. The van der Waals surface area contributed by atoms with Gasteiger partial charge in [0.2, 0.25) is 0 Å². The maximum Gasteiger partial charge on any atom is 0.273 e. The number of unbranched alkanes of at least 4 members (excludes halogenated alkanes) is 1. The van der Waals surface area contributed by atoms with Crippen LogP contribution in [0.5, 0.6) is 17.2 Å². The summed E-state index contributed by atoms with van der Waals surface area (Å²) >= 11 is 0. The van der Waals surface area contributed by atoms with Crippen molar-refractivity contribution in [2.45, 2.75) is 32.7 Å². The molecule has 0 saturated carbocycles. The summed E-state index contributed by atoms with van der Waals surface area (Å²) < 4.78 is 11.8. The van der Waals surface area contributed by atoms with Crippen LogP contribution in [0.2, 0.25) is 0 Å². The summed E-state index contributed by atoms with van der Waals surface area (Å²) in [4.78, 5) is 14.8. The van der Waals surface area contributed by atoms with Crippen LogP contribution in [-0.2, 0) is 0 Å². The number of carbonyl (C=O) groups is 1. The zero-order chi connectivity index (χ0) is 23.4. The van der Waals surface area contributed by atoms with Crippen LogP contribution in [-0.4, -0.2) is 57.6 Å². The van der Waals surface area contributed by atoms with Crippen LogP contribution in [0.4, 0.5) is 0 Å². The summed E-state index contributed by atoms with van der Waals surface area (Å²) in [6, 6.07) is 12.0. The first-order valence-corrected chi connectivity index (χ1v) is 11.3. The van der Waals surface area contributed by atoms with Crippen molar-refractivity contribution in [3.8, 4) is 28.5 Å². The van der Waals surface area contributed by atoms with Crippen LogP contribution in [0.15, 0.2) is 42.5 Å². The van der Waals surface area contributed by atoms with Gasteiger partial charge in [0.15, 0.2) is 11.5 Å². The van der Waals surface area contributed by atoms with Crippen LogP contribution in [0, 0.1) is 0 Å². The number of aromatic amines is 1. The number of hydrogen-bond donors (Lipinski definition) is 3. The molecule has 0 aliphatic carbocycles. The molecule has 2 heterocycles. The minimum absolute atomic E-state index is 0.0771. The predicted octanol–water partition coefficient (Wildman–Crippen LogP) is 3.90. The Kier molecular flexibility index (Phi) is 6.84. The molecule has 174 valence electrons. The molecule has 3 N–H and O–H groups in total. The Morgan fingerprint density at radius 2 is 1.94 bits per heavy atom. The van der Waals surface area contributed by atoms with Gasteiger partial charge in [-0.3, -0.25) is 9.89 Å². The monoisotopic (exact) mass is 451 g/mol. The number of benzene rings is 2. The molecule has 0 spiro atoms. The number of para-hydroxylation sites is 1. The second-order valence-corrected chi connectivity index (χ2v) is 7.84. The van der Waals surface area contributed by atoms with E-state index in [0.717, 1.165) is 18.4 Å². The Bertz CT molecular complexity index is 1130. The molecule has 3 aromatic rings. The van der Waals surface area contributed by atoms with Crippen LogP contribution < -0.4 is 9.47 Å². The first-order chi connectivity index (χ1) is 16.1. The van der Waals surface area contributed by atoms with E-state index in [0.29, 0.717) is 47.2 Å². The van der Waals surface area contributed by atoms with Gasteiger partial charge >= 0.3 is 0 Å². The molecule has 4 rings (SSSR count). The first kappa shape index (κ1) is 22.7. The number of aliphatic hydroxyl groups is 1. The first-order valence-electron chi connectivity index (χ1n) is 11.3. The van der Waals surface area contributed by atoms with E-state index in [2.05, 4.69) is 17.1 Å². The van der Waals surface area contributed by atoms with Gasteiger partial charge in [0.25, 0.3) is 5.91 Å². The number of ether oxygens (including phenoxy) is 2. The predicted molar refractivity (Wildman–Crippen MR) is 124 cm³/mol. The molecule has 0 radical (unpaired) electrons. The molecule has 1 aromatic heterocycles. The molecule has 1 aliphatic heterocycles. The number of fused-ring (bicyclic) bond motifs is 1. The molecule has 1 atom stereocenters. The van der Waals surface area contributed by atoms with Crippen LogP contribution in [0.3, 0.4) is 0 Å². The molecule has 1 amide bonds. The van der Waals surface area contributed by atoms with Crippen molar-refractivity contribution in [1.29, 1.82) is 0 Å². The summed E-state index contributed by atoms with van der Waals surface area (Å²) in [5, 5.41) is 27.3. The van der Waals surface area contributed by atoms with Crippen molar-refractivity contribution >= 4 is 5.91 Å². The van der Waals surface area contributed by atoms with Crippen LogP contribution in [0.25, 0.3) is 11.3 Å². The quantitative estimate of drug-likeness (QED) is 0.404. The van der Waals surface area contributed by atoms with Crippen molar-refractivity contribution in [2.75, 3.05) is 26.4 Å². The number of rotatable bonds is 10. The van der Waals surface area contributed by atoms with Gasteiger partial charge in [0.1, 0.15) is 17.1 Å². The standard InChI is InChI=1S/C25H29N3O5/c1-3-5-14-33-19-11-10-16(15-20(19)32-4-2)24-21-22(17-8-6-7-9-18(17)30)26-27-23(21)25(31)28(24)12-13-29/h6-11,15,24,29-30H,3-5,12-14H2,1-2H3,(H,26,27)/t24-/m0/s1. The highest BCUT2D eigenvalue weighted by molar-refractivity contribution is 6.00. The SMILES string of the molecule is CCCCOc1ccc([C@H]2c3c(-c4ccccc4O)n[nH]c3C(=O)N2CCO)cc1OCC. The van der Waals surface area contributed by atoms with Gasteiger partial charge in [-0.1, -0.05) is 31.5 Å². The molecule has 0 unspecified atom stereocenters. The zero-order valence-electron chi connectivity index (χ0n) is 18.9. The number of β-amino-alcohol motifs (C(OH)–C–C–N with tert-alkyl or cyclic N) is 1. The number of carbonyl (C=O) groups excluding carboxylic acids is 1. The van der Waals surface area contributed by atoms with Gasteiger partial charge in [0.05, 0.1) is 25.9 Å². The summed E-state index contributed by atoms with van der Waals surface area (Å²) in [7, 11) is 0. The maximum absolute atomic E-state index is 13.2. The Morgan fingerprint density at radius 1 is 1.12 bits per heavy atom. The highest BCUT2D eigenvalue weighted by atomic mass is 16.5. The third-order valence-electron chi connectivity index (χ3n) is 5.70. The van der Waals surface area contributed by atoms with Crippen molar-refractivity contribution in [2.24, 2.45) is 0 Å². The molecule has 0 fully saturated rings. The minimum Gasteiger partial charge on any atom is -0.507 e. The summed E-state index contributed by atoms with van der Waals surface area (Å²) in [5.41, 5.74) is 2.86. The van der Waals surface area contributed by atoms with Crippen molar-refractivity contribution < 1.29 is 24.5 Å². The molecule has 8 nitrogen and oxygen atoms in total. The summed E-state index contributed by atoms with van der Waals surface area (Å²) in [6.07, 6.45) is 1.97. The number of amides is 1. The number of hydrogen-bond acceptors (Lipinski definition) is 6. The average molecular weight is 452 g/mol. The summed E-state index contributed by atoms with van der Waals surface area (Å²) in [6.45, 7) is 5.06. The van der Waals surface area contributed by atoms with E-state index in [-0.39, 0.29) is 24.8 Å². The number of aliphatic hydroxyl groups excluding tert-OH is 1. The third-order valence-corrected chi connectivity index (χ3v) is 5.70. The number of aromatic hydroxyl groups is 1. The van der Waals surface area contributed by atoms with Gasteiger partial charge in [-0.05, 0) is 43.2 Å². The van der Waals surface area contributed by atoms with Gasteiger partial charge in [-0.15, -0.1) is 0 Å². The number of H-pyrrole nitrogens is 1. The fourth-order valence-electron chi connectivity index (χ4n) is 4.17. The van der Waals surface area contributed by atoms with Gasteiger partial charge in [-0.25, -0.2) is 0 Å². The molecule has 1 aliphatic rings. The Labute approximate surface area is 192 Å². The molecule has 2 aromatic carbocycles. The molecular formula is C25H29N3O5. The molecule has 0 bridgehead atoms. The van der Waals surface area contributed by atoms with E-state index in [1.54, 1.807) is 23.1 Å². The van der Waals surface area contributed by atoms with Crippen molar-refractivity contribution in [3.05, 3.63) is 59.3 Å². The van der Waals surface area contributed by atoms with E-state index in [1.165, 1.54) is 0 Å². The highest BCUT2D eigenvalue weighted by Gasteiger charge is 2.42. The normalized spacial score (nSPS) is 15.1. The van der Waals surface area contributed by atoms with E-state index < -0.39 is 6.04 Å². The fourth-order valence-corrected chi connectivity index (χ4v) is 4.17. The van der Waals surface area contributed by atoms with E-state index >= 15 is 0 Å². The minimum atomic E-state index is -0.503. The Morgan fingerprint density at radius 3 is 2.67 bits per heavy atom. The van der Waals surface area contributed by atoms with E-state index in [1.807, 2.05) is 31.2 Å². The molecule has 33 heavy (non-hydrogen) atoms. The van der Waals surface area contributed by atoms with Gasteiger partial charge in [0, 0.05) is 17.7 Å². The maximum atomic E-state index is 13.2. The fraction of sp³-hybridized carbons (Fsp3) is 0.360. The highest BCUT2D eigenvalue weighted by Crippen LogP contribution is 2.45. The lowest BCUT2D eigenvalue weighted by molar-refractivity contribution is 0.0706. The second kappa shape index (κ2) is 9.95.